The molecule has 0 aliphatic rings. The summed E-state index contributed by atoms with van der Waals surface area (Å²) in [4.78, 5) is 19.6. The zero-order chi connectivity index (χ0) is 20.2. The molecule has 1 unspecified atom stereocenters. The second-order valence-electron chi connectivity index (χ2n) is 5.10. The largest absolute Gasteiger partial charge is 0.502 e. The molecule has 0 amide bonds. The Morgan fingerprint density at radius 3 is 2.31 bits per heavy atom. The van der Waals surface area contributed by atoms with Crippen molar-refractivity contribution < 1.29 is 33.2 Å². The lowest BCUT2D eigenvalue weighted by Gasteiger charge is -2.21. The van der Waals surface area contributed by atoms with Gasteiger partial charge < -0.3 is 10.2 Å². The second kappa shape index (κ2) is 7.68. The highest BCUT2D eigenvalue weighted by molar-refractivity contribution is 5.50. The van der Waals surface area contributed by atoms with Crippen LogP contribution in [0.5, 0.6) is 5.75 Å². The van der Waals surface area contributed by atoms with Crippen LogP contribution in [-0.4, -0.2) is 26.2 Å². The molecule has 0 radical (unpaired) electrons. The third-order valence-electron chi connectivity index (χ3n) is 3.33. The van der Waals surface area contributed by atoms with Crippen LogP contribution < -0.4 is 0 Å². The Morgan fingerprint density at radius 2 is 1.88 bits per heavy atom. The van der Waals surface area contributed by atoms with Crippen molar-refractivity contribution in [2.45, 2.75) is 19.0 Å². The Bertz CT molecular complexity index is 814. The number of aliphatic hydroxyl groups is 1. The summed E-state index contributed by atoms with van der Waals surface area (Å²) in [5.41, 5.74) is -3.15. The fourth-order valence-corrected chi connectivity index (χ4v) is 2.20. The minimum atomic E-state index is -4.95. The van der Waals surface area contributed by atoms with Gasteiger partial charge in [0.2, 0.25) is 0 Å². The van der Waals surface area contributed by atoms with Crippen LogP contribution in [0.3, 0.4) is 0 Å². The highest BCUT2D eigenvalue weighted by Gasteiger charge is 2.43. The average molecular weight is 374 g/mol. The highest BCUT2D eigenvalue weighted by atomic mass is 19.4. The molecule has 1 rings (SSSR count). The van der Waals surface area contributed by atoms with Crippen LogP contribution in [0.25, 0.3) is 0 Å². The molecule has 0 aromatic heterocycles. The number of nitro benzene ring substituents is 1. The van der Waals surface area contributed by atoms with Crippen LogP contribution in [0, 0.1) is 20.2 Å². The SMILES string of the molecule is C=C/C(O)=C(\C=C(/C)C(c1ccc(O)c([N+](=O)[O-])c1)C(F)(F)F)[N+](=O)[O-]. The minimum absolute atomic E-state index is 0.508. The summed E-state index contributed by atoms with van der Waals surface area (Å²) in [6, 6.07) is 2.08. The van der Waals surface area contributed by atoms with Crippen molar-refractivity contribution in [1.82, 2.24) is 0 Å². The number of hydrogen-bond acceptors (Lipinski definition) is 6. The maximum absolute atomic E-state index is 13.5. The zero-order valence-electron chi connectivity index (χ0n) is 13.2. The third kappa shape index (κ3) is 4.59. The van der Waals surface area contributed by atoms with Crippen LogP contribution in [0.15, 0.2) is 54.0 Å². The van der Waals surface area contributed by atoms with Crippen LogP contribution in [0.2, 0.25) is 0 Å². The molecule has 1 aromatic rings. The van der Waals surface area contributed by atoms with E-state index in [0.29, 0.717) is 18.2 Å². The first-order valence-electron chi connectivity index (χ1n) is 6.82. The topological polar surface area (TPSA) is 127 Å². The standard InChI is InChI=1S/C15H13F3N2O6/c1-3-12(21)10(19(23)24)6-8(2)14(15(16,17)18)9-4-5-13(22)11(7-9)20(25)26/h3-7,14,21-22H,1H2,2H3/b8-6+,12-10-. The molecule has 26 heavy (non-hydrogen) atoms. The number of halogens is 3. The molecule has 0 spiro atoms. The maximum atomic E-state index is 13.5. The first kappa shape index (κ1) is 20.7. The molecule has 0 bridgehead atoms. The van der Waals surface area contributed by atoms with Gasteiger partial charge >= 0.3 is 17.6 Å². The summed E-state index contributed by atoms with van der Waals surface area (Å²) in [7, 11) is 0. The van der Waals surface area contributed by atoms with E-state index in [1.807, 2.05) is 0 Å². The third-order valence-corrected chi connectivity index (χ3v) is 3.33. The van der Waals surface area contributed by atoms with E-state index in [0.717, 1.165) is 19.1 Å². The monoisotopic (exact) mass is 374 g/mol. The average Bonchev–Trinajstić information content (AvgIpc) is 2.51. The first-order valence-corrected chi connectivity index (χ1v) is 6.82. The van der Waals surface area contributed by atoms with Gasteiger partial charge in [-0.25, -0.2) is 0 Å². The Kier molecular flexibility index (Phi) is 6.10. The molecule has 140 valence electrons. The van der Waals surface area contributed by atoms with Gasteiger partial charge in [0, 0.05) is 12.1 Å². The normalized spacial score (nSPS) is 14.4. The van der Waals surface area contributed by atoms with Crippen molar-refractivity contribution in [1.29, 1.82) is 0 Å². The fourth-order valence-electron chi connectivity index (χ4n) is 2.20. The van der Waals surface area contributed by atoms with E-state index in [1.165, 1.54) is 0 Å². The van der Waals surface area contributed by atoms with Crippen LogP contribution in [-0.2, 0) is 0 Å². The number of nitrogens with zero attached hydrogens (tertiary/aromatic N) is 2. The van der Waals surface area contributed by atoms with Crippen molar-refractivity contribution in [3.8, 4) is 5.75 Å². The summed E-state index contributed by atoms with van der Waals surface area (Å²) in [6.07, 6.45) is -3.75. The van der Waals surface area contributed by atoms with Gasteiger partial charge in [-0.1, -0.05) is 12.6 Å². The number of phenolic OH excluding ortho intramolecular Hbond substituents is 1. The highest BCUT2D eigenvalue weighted by Crippen LogP contribution is 2.42. The molecule has 1 aromatic carbocycles. The molecule has 0 saturated carbocycles. The lowest BCUT2D eigenvalue weighted by Crippen LogP contribution is -2.22. The predicted molar refractivity (Wildman–Crippen MR) is 84.2 cm³/mol. The fraction of sp³-hybridized carbons (Fsp3) is 0.200. The molecule has 8 nitrogen and oxygen atoms in total. The van der Waals surface area contributed by atoms with Gasteiger partial charge in [-0.15, -0.1) is 0 Å². The van der Waals surface area contributed by atoms with Gasteiger partial charge in [0.25, 0.3) is 0 Å². The maximum Gasteiger partial charge on any atom is 0.399 e. The van der Waals surface area contributed by atoms with E-state index in [-0.39, 0.29) is 0 Å². The molecular weight excluding hydrogens is 361 g/mol. The van der Waals surface area contributed by atoms with Crippen molar-refractivity contribution >= 4 is 5.69 Å². The van der Waals surface area contributed by atoms with Gasteiger partial charge in [0.05, 0.1) is 9.85 Å². The first-order chi connectivity index (χ1) is 11.9. The number of allylic oxidation sites excluding steroid dienone is 3. The van der Waals surface area contributed by atoms with Gasteiger partial charge in [-0.3, -0.25) is 20.2 Å². The van der Waals surface area contributed by atoms with E-state index in [9.17, 15) is 43.6 Å². The molecule has 0 aliphatic heterocycles. The zero-order valence-corrected chi connectivity index (χ0v) is 13.2. The number of hydrogen-bond donors (Lipinski definition) is 2. The Labute approximate surface area is 144 Å². The molecule has 0 aliphatic carbocycles. The Morgan fingerprint density at radius 1 is 1.31 bits per heavy atom. The molecule has 11 heteroatoms. The van der Waals surface area contributed by atoms with Gasteiger partial charge in [0.1, 0.15) is 5.92 Å². The molecule has 0 fully saturated rings. The number of rotatable bonds is 6. The Hall–Kier alpha value is -3.37. The van der Waals surface area contributed by atoms with Gasteiger partial charge in [-0.05, 0) is 30.2 Å². The number of alkyl halides is 3. The van der Waals surface area contributed by atoms with Gasteiger partial charge in [-0.2, -0.15) is 13.2 Å². The number of nitro groups is 2. The van der Waals surface area contributed by atoms with Gasteiger partial charge in [0.15, 0.2) is 11.5 Å². The molecular formula is C15H13F3N2O6. The van der Waals surface area contributed by atoms with Crippen molar-refractivity contribution in [2.75, 3.05) is 0 Å². The number of phenols is 1. The molecule has 0 saturated heterocycles. The quantitative estimate of drug-likeness (QED) is 0.334. The molecule has 2 N–H and O–H groups in total. The summed E-state index contributed by atoms with van der Waals surface area (Å²) >= 11 is 0. The molecule has 0 heterocycles. The van der Waals surface area contributed by atoms with Crippen LogP contribution in [0.4, 0.5) is 18.9 Å². The van der Waals surface area contributed by atoms with E-state index in [4.69, 9.17) is 0 Å². The number of benzene rings is 1. The summed E-state index contributed by atoms with van der Waals surface area (Å²) in [5.74, 6) is -4.20. The summed E-state index contributed by atoms with van der Waals surface area (Å²) in [6.45, 7) is 4.02. The van der Waals surface area contributed by atoms with E-state index >= 15 is 0 Å². The van der Waals surface area contributed by atoms with E-state index in [1.54, 1.807) is 0 Å². The lowest BCUT2D eigenvalue weighted by molar-refractivity contribution is -0.421. The summed E-state index contributed by atoms with van der Waals surface area (Å²) < 4.78 is 40.4. The van der Waals surface area contributed by atoms with Crippen LogP contribution >= 0.6 is 0 Å². The summed E-state index contributed by atoms with van der Waals surface area (Å²) in [5, 5.41) is 40.5. The van der Waals surface area contributed by atoms with Crippen molar-refractivity contribution in [2.24, 2.45) is 0 Å². The second-order valence-corrected chi connectivity index (χ2v) is 5.10. The number of aromatic hydroxyl groups is 1. The smallest absolute Gasteiger partial charge is 0.399 e. The Balaban J connectivity index is 3.61. The molecule has 1 atom stereocenters. The van der Waals surface area contributed by atoms with Crippen molar-refractivity contribution in [3.63, 3.8) is 0 Å². The lowest BCUT2D eigenvalue weighted by atomic mass is 9.90. The van der Waals surface area contributed by atoms with E-state index < -0.39 is 56.0 Å². The van der Waals surface area contributed by atoms with Crippen LogP contribution in [0.1, 0.15) is 18.4 Å². The van der Waals surface area contributed by atoms with E-state index in [2.05, 4.69) is 6.58 Å². The number of aliphatic hydroxyl groups excluding tert-OH is 1. The predicted octanol–water partition coefficient (Wildman–Crippen LogP) is 4.12. The minimum Gasteiger partial charge on any atom is -0.502 e. The van der Waals surface area contributed by atoms with Crippen molar-refractivity contribution in [3.05, 3.63) is 79.8 Å².